The van der Waals surface area contributed by atoms with Gasteiger partial charge in [0.05, 0.1) is 11.9 Å². The third-order valence-electron chi connectivity index (χ3n) is 4.33. The molecule has 1 atom stereocenters. The van der Waals surface area contributed by atoms with E-state index in [0.29, 0.717) is 11.4 Å². The fourth-order valence-corrected chi connectivity index (χ4v) is 3.97. The number of anilines is 2. The molecule has 0 fully saturated rings. The van der Waals surface area contributed by atoms with Crippen LogP contribution in [0.15, 0.2) is 42.5 Å². The Morgan fingerprint density at radius 3 is 2.62 bits per heavy atom. The van der Waals surface area contributed by atoms with Crippen LogP contribution in [-0.4, -0.2) is 33.2 Å². The van der Waals surface area contributed by atoms with E-state index in [1.165, 1.54) is 4.31 Å². The van der Waals surface area contributed by atoms with Gasteiger partial charge in [-0.25, -0.2) is 8.42 Å². The minimum absolute atomic E-state index is 0.181. The molecule has 138 valence electrons. The summed E-state index contributed by atoms with van der Waals surface area (Å²) in [6.07, 6.45) is 0.641. The molecule has 2 aromatic rings. The van der Waals surface area contributed by atoms with Gasteiger partial charge in [0.2, 0.25) is 10.0 Å². The number of hydrogen-bond acceptors (Lipinski definition) is 4. The van der Waals surface area contributed by atoms with Crippen LogP contribution in [-0.2, 0) is 14.8 Å². The zero-order valence-electron chi connectivity index (χ0n) is 15.0. The number of carbonyl (C=O) groups excluding carboxylic acids is 1. The van der Waals surface area contributed by atoms with Gasteiger partial charge in [0.1, 0.15) is 5.75 Å². The molecule has 0 aliphatic carbocycles. The number of sulfonamides is 1. The Balaban J connectivity index is 1.85. The molecule has 0 spiro atoms. The van der Waals surface area contributed by atoms with Crippen molar-refractivity contribution in [3.63, 3.8) is 0 Å². The number of fused-ring (bicyclic) bond motifs is 1. The van der Waals surface area contributed by atoms with Gasteiger partial charge in [0.15, 0.2) is 6.10 Å². The molecule has 26 heavy (non-hydrogen) atoms. The van der Waals surface area contributed by atoms with Crippen molar-refractivity contribution in [3.05, 3.63) is 53.6 Å². The highest BCUT2D eigenvalue weighted by atomic mass is 32.2. The number of hydrogen-bond donors (Lipinski definition) is 1. The maximum absolute atomic E-state index is 12.7. The van der Waals surface area contributed by atoms with Crippen molar-refractivity contribution >= 4 is 27.3 Å². The molecule has 0 saturated carbocycles. The first-order valence-electron chi connectivity index (χ1n) is 8.37. The number of para-hydroxylation sites is 2. The van der Waals surface area contributed by atoms with Crippen LogP contribution >= 0.6 is 0 Å². The molecular weight excluding hydrogens is 352 g/mol. The summed E-state index contributed by atoms with van der Waals surface area (Å²) in [5.74, 6) is 0.0957. The summed E-state index contributed by atoms with van der Waals surface area (Å²) in [5.41, 5.74) is 3.26. The van der Waals surface area contributed by atoms with Crippen molar-refractivity contribution in [1.82, 2.24) is 0 Å². The van der Waals surface area contributed by atoms with Gasteiger partial charge in [-0.05, 0) is 37.6 Å². The fourth-order valence-electron chi connectivity index (χ4n) is 3.03. The van der Waals surface area contributed by atoms with E-state index in [1.54, 1.807) is 24.3 Å². The van der Waals surface area contributed by atoms with Crippen LogP contribution in [0.4, 0.5) is 11.4 Å². The van der Waals surface area contributed by atoms with E-state index >= 15 is 0 Å². The zero-order chi connectivity index (χ0) is 18.9. The molecule has 1 heterocycles. The Kier molecular flexibility index (Phi) is 4.91. The lowest BCUT2D eigenvalue weighted by atomic mass is 10.1. The predicted octanol–water partition coefficient (Wildman–Crippen LogP) is 2.86. The fraction of sp³-hybridized carbons (Fsp3) is 0.316. The molecule has 1 amide bonds. The second kappa shape index (κ2) is 6.99. The first-order valence-corrected chi connectivity index (χ1v) is 10.2. The summed E-state index contributed by atoms with van der Waals surface area (Å²) < 4.78 is 31.4. The van der Waals surface area contributed by atoms with Crippen molar-refractivity contribution in [2.75, 3.05) is 22.4 Å². The molecule has 0 bridgehead atoms. The molecule has 2 aromatic carbocycles. The monoisotopic (exact) mass is 374 g/mol. The van der Waals surface area contributed by atoms with Crippen LogP contribution in [0.3, 0.4) is 0 Å². The van der Waals surface area contributed by atoms with Crippen LogP contribution in [0.2, 0.25) is 0 Å². The number of aryl methyl sites for hydroxylation is 2. The predicted molar refractivity (Wildman–Crippen MR) is 102 cm³/mol. The second-order valence-corrected chi connectivity index (χ2v) is 8.41. The van der Waals surface area contributed by atoms with Gasteiger partial charge in [0, 0.05) is 18.7 Å². The summed E-state index contributed by atoms with van der Waals surface area (Å²) in [4.78, 5) is 12.7. The number of ether oxygens (including phenoxy) is 1. The van der Waals surface area contributed by atoms with E-state index in [4.69, 9.17) is 4.74 Å². The zero-order valence-corrected chi connectivity index (χ0v) is 15.8. The summed E-state index contributed by atoms with van der Waals surface area (Å²) in [7, 11) is -3.46. The van der Waals surface area contributed by atoms with Crippen molar-refractivity contribution in [3.8, 4) is 5.75 Å². The van der Waals surface area contributed by atoms with Crippen molar-refractivity contribution in [2.24, 2.45) is 0 Å². The Morgan fingerprint density at radius 1 is 1.19 bits per heavy atom. The lowest BCUT2D eigenvalue weighted by Crippen LogP contribution is -2.36. The highest BCUT2D eigenvalue weighted by Crippen LogP contribution is 2.34. The van der Waals surface area contributed by atoms with Gasteiger partial charge >= 0.3 is 0 Å². The van der Waals surface area contributed by atoms with E-state index < -0.39 is 16.1 Å². The number of nitrogens with one attached hydrogen (secondary N) is 1. The number of carbonyl (C=O) groups is 1. The third-order valence-corrected chi connectivity index (χ3v) is 5.51. The van der Waals surface area contributed by atoms with Crippen molar-refractivity contribution in [1.29, 1.82) is 0 Å². The molecule has 1 N–H and O–H groups in total. The van der Waals surface area contributed by atoms with Crippen LogP contribution in [0.25, 0.3) is 0 Å². The molecular formula is C19H22N2O4S. The van der Waals surface area contributed by atoms with Gasteiger partial charge in [-0.3, -0.25) is 9.10 Å². The molecule has 7 heteroatoms. The summed E-state index contributed by atoms with van der Waals surface area (Å²) >= 11 is 0. The third kappa shape index (κ3) is 3.83. The summed E-state index contributed by atoms with van der Waals surface area (Å²) in [6, 6.07) is 12.6. The normalized spacial score (nSPS) is 17.0. The molecule has 6 nitrogen and oxygen atoms in total. The van der Waals surface area contributed by atoms with Gasteiger partial charge in [-0.15, -0.1) is 0 Å². The van der Waals surface area contributed by atoms with Gasteiger partial charge in [-0.2, -0.15) is 0 Å². The molecule has 3 rings (SSSR count). The highest BCUT2D eigenvalue weighted by molar-refractivity contribution is 7.92. The summed E-state index contributed by atoms with van der Waals surface area (Å²) in [6.45, 7) is 4.10. The largest absolute Gasteiger partial charge is 0.478 e. The average molecular weight is 374 g/mol. The lowest BCUT2D eigenvalue weighted by Gasteiger charge is -2.20. The lowest BCUT2D eigenvalue weighted by molar-refractivity contribution is -0.122. The van der Waals surface area contributed by atoms with Crippen LogP contribution < -0.4 is 14.4 Å². The van der Waals surface area contributed by atoms with E-state index in [1.807, 2.05) is 32.0 Å². The maximum atomic E-state index is 12.7. The van der Waals surface area contributed by atoms with Crippen molar-refractivity contribution < 1.29 is 17.9 Å². The van der Waals surface area contributed by atoms with Crippen LogP contribution in [0, 0.1) is 13.8 Å². The second-order valence-electron chi connectivity index (χ2n) is 6.51. The van der Waals surface area contributed by atoms with E-state index in [2.05, 4.69) is 5.32 Å². The van der Waals surface area contributed by atoms with Crippen molar-refractivity contribution in [2.45, 2.75) is 26.4 Å². The quantitative estimate of drug-likeness (QED) is 0.896. The van der Waals surface area contributed by atoms with E-state index in [-0.39, 0.29) is 18.9 Å². The van der Waals surface area contributed by atoms with E-state index in [0.717, 1.165) is 23.1 Å². The Bertz CT molecular complexity index is 940. The Morgan fingerprint density at radius 2 is 1.92 bits per heavy atom. The minimum Gasteiger partial charge on any atom is -0.478 e. The molecule has 0 radical (unpaired) electrons. The number of nitrogens with zero attached hydrogens (tertiary/aromatic N) is 1. The highest BCUT2D eigenvalue weighted by Gasteiger charge is 2.31. The van der Waals surface area contributed by atoms with Gasteiger partial charge in [-0.1, -0.05) is 29.8 Å². The molecule has 1 aliphatic heterocycles. The Labute approximate surface area is 153 Å². The first kappa shape index (κ1) is 18.3. The van der Waals surface area contributed by atoms with Crippen LogP contribution in [0.1, 0.15) is 17.5 Å². The molecule has 0 aromatic heterocycles. The standard InChI is InChI=1S/C19H22N2O4S/c1-13-8-9-15(14(2)12-13)20-19(22)18-10-11-21(26(3,23)24)16-6-4-5-7-17(16)25-18/h4-9,12,18H,10-11H2,1-3H3,(H,20,22)/t18-/m1/s1. The average Bonchev–Trinajstić information content (AvgIpc) is 2.76. The van der Waals surface area contributed by atoms with E-state index in [9.17, 15) is 13.2 Å². The van der Waals surface area contributed by atoms with Gasteiger partial charge < -0.3 is 10.1 Å². The molecule has 0 unspecified atom stereocenters. The minimum atomic E-state index is -3.46. The maximum Gasteiger partial charge on any atom is 0.265 e. The summed E-state index contributed by atoms with van der Waals surface area (Å²) in [5, 5.41) is 2.89. The van der Waals surface area contributed by atoms with Gasteiger partial charge in [0.25, 0.3) is 5.91 Å². The Hall–Kier alpha value is -2.54. The smallest absolute Gasteiger partial charge is 0.265 e. The number of benzene rings is 2. The topological polar surface area (TPSA) is 75.7 Å². The molecule has 1 aliphatic rings. The van der Waals surface area contributed by atoms with Crippen LogP contribution in [0.5, 0.6) is 5.75 Å². The molecule has 0 saturated heterocycles. The first-order chi connectivity index (χ1) is 12.3. The number of rotatable bonds is 3. The SMILES string of the molecule is Cc1ccc(NC(=O)[C@H]2CCN(S(C)(=O)=O)c3ccccc3O2)c(C)c1. The number of amides is 1.